The molecule has 1 aliphatic heterocycles. The fourth-order valence-electron chi connectivity index (χ4n) is 6.74. The highest BCUT2D eigenvalue weighted by molar-refractivity contribution is 7.92. The van der Waals surface area contributed by atoms with Crippen LogP contribution in [0.15, 0.2) is 95.4 Å². The number of hydrogen-bond acceptors (Lipinski definition) is 5. The summed E-state index contributed by atoms with van der Waals surface area (Å²) in [5, 5.41) is 0. The lowest BCUT2D eigenvalue weighted by Gasteiger charge is -2.39. The molecule has 47 heavy (non-hydrogen) atoms. The Hall–Kier alpha value is -4.22. The van der Waals surface area contributed by atoms with E-state index in [4.69, 9.17) is 13.8 Å². The number of anilines is 1. The van der Waals surface area contributed by atoms with Gasteiger partial charge in [-0.3, -0.25) is 4.72 Å². The molecular weight excluding hydrogens is 627 g/mol. The zero-order chi connectivity index (χ0) is 33.0. The molecule has 248 valence electrons. The molecule has 2 unspecified atom stereocenters. The van der Waals surface area contributed by atoms with Gasteiger partial charge in [-0.25, -0.2) is 12.9 Å². The molecule has 2 atom stereocenters. The van der Waals surface area contributed by atoms with E-state index in [0.29, 0.717) is 30.3 Å². The SMILES string of the molecule is COc1ccc(CN=S(=O)(Nc2ccc(OC(F)(F)F)cc2)N2CCCC(C3c4ccccc4CCc4ccccc43)C2)c(OC)c1. The van der Waals surface area contributed by atoms with E-state index >= 15 is 4.21 Å². The van der Waals surface area contributed by atoms with E-state index in [1.165, 1.54) is 46.5 Å². The molecule has 4 aromatic rings. The van der Waals surface area contributed by atoms with Crippen LogP contribution in [0.2, 0.25) is 0 Å². The van der Waals surface area contributed by atoms with Crippen molar-refractivity contribution in [1.82, 2.24) is 4.31 Å². The second kappa shape index (κ2) is 13.9. The molecule has 0 bridgehead atoms. The summed E-state index contributed by atoms with van der Waals surface area (Å²) in [6, 6.07) is 27.8. The van der Waals surface area contributed by atoms with Gasteiger partial charge in [0.05, 0.1) is 20.8 Å². The Morgan fingerprint density at radius 3 is 2.13 bits per heavy atom. The second-order valence-corrected chi connectivity index (χ2v) is 13.8. The Balaban J connectivity index is 1.36. The van der Waals surface area contributed by atoms with E-state index in [1.807, 2.05) is 10.4 Å². The summed E-state index contributed by atoms with van der Waals surface area (Å²) in [6.07, 6.45) is -1.12. The second-order valence-electron chi connectivity index (χ2n) is 11.8. The number of benzene rings is 4. The van der Waals surface area contributed by atoms with Crippen LogP contribution < -0.4 is 18.9 Å². The van der Waals surface area contributed by atoms with E-state index < -0.39 is 16.5 Å². The third-order valence-corrected chi connectivity index (χ3v) is 10.9. The monoisotopic (exact) mass is 665 g/mol. The molecule has 0 aromatic heterocycles. The Morgan fingerprint density at radius 2 is 1.51 bits per heavy atom. The molecule has 0 saturated carbocycles. The maximum Gasteiger partial charge on any atom is 0.573 e. The van der Waals surface area contributed by atoms with Crippen LogP contribution in [0.4, 0.5) is 18.9 Å². The van der Waals surface area contributed by atoms with E-state index in [9.17, 15) is 13.2 Å². The number of aryl methyl sites for hydroxylation is 2. The maximum atomic E-state index is 15.1. The van der Waals surface area contributed by atoms with Crippen molar-refractivity contribution >= 4 is 15.8 Å². The lowest BCUT2D eigenvalue weighted by atomic mass is 9.76. The van der Waals surface area contributed by atoms with Gasteiger partial charge in [0.2, 0.25) is 0 Å². The van der Waals surface area contributed by atoms with Crippen LogP contribution in [0.5, 0.6) is 17.2 Å². The number of fused-ring (bicyclic) bond motifs is 2. The van der Waals surface area contributed by atoms with Crippen LogP contribution in [0, 0.1) is 5.92 Å². The molecule has 1 fully saturated rings. The average molecular weight is 666 g/mol. The minimum Gasteiger partial charge on any atom is -0.497 e. The number of alkyl halides is 3. The highest BCUT2D eigenvalue weighted by atomic mass is 32.2. The summed E-state index contributed by atoms with van der Waals surface area (Å²) in [5.74, 6) is 1.08. The Bertz CT molecular complexity index is 1780. The summed E-state index contributed by atoms with van der Waals surface area (Å²) >= 11 is 0. The standard InChI is InChI=1S/C36H38F3N3O4S/c1-44-31-18-15-27(34(22-31)45-2)23-40-47(43,41-29-16-19-30(20-17-29)46-36(37,38)39)42-21-7-10-28(24-42)35-32-11-5-3-8-25(32)13-14-26-9-4-6-12-33(26)35/h3-6,8-9,11-12,15-20,22,28,35H,7,10,13-14,21,23-24H2,1-2H3,(H,40,41,43). The number of hydrogen-bond donors (Lipinski definition) is 1. The van der Waals surface area contributed by atoms with Gasteiger partial charge >= 0.3 is 6.36 Å². The summed E-state index contributed by atoms with van der Waals surface area (Å²) in [4.78, 5) is 0. The van der Waals surface area contributed by atoms with Crippen molar-refractivity contribution in [1.29, 1.82) is 0 Å². The van der Waals surface area contributed by atoms with Gasteiger partial charge in [0.1, 0.15) is 17.2 Å². The normalized spacial score (nSPS) is 18.2. The number of piperidine rings is 1. The third-order valence-electron chi connectivity index (χ3n) is 8.93. The lowest BCUT2D eigenvalue weighted by Crippen LogP contribution is -2.44. The first-order valence-electron chi connectivity index (χ1n) is 15.6. The molecule has 6 rings (SSSR count). The van der Waals surface area contributed by atoms with Gasteiger partial charge in [-0.1, -0.05) is 48.5 Å². The van der Waals surface area contributed by atoms with Crippen LogP contribution in [0.1, 0.15) is 46.6 Å². The smallest absolute Gasteiger partial charge is 0.497 e. The number of rotatable bonds is 9. The predicted molar refractivity (Wildman–Crippen MR) is 177 cm³/mol. The van der Waals surface area contributed by atoms with Gasteiger partial charge < -0.3 is 14.2 Å². The first kappa shape index (κ1) is 32.7. The van der Waals surface area contributed by atoms with Crippen LogP contribution in [-0.2, 0) is 29.5 Å². The molecule has 0 spiro atoms. The minimum atomic E-state index is -4.81. The van der Waals surface area contributed by atoms with E-state index in [-0.39, 0.29) is 24.1 Å². The fourth-order valence-corrected chi connectivity index (χ4v) is 8.63. The Labute approximate surface area is 274 Å². The molecule has 1 aliphatic carbocycles. The van der Waals surface area contributed by atoms with Gasteiger partial charge in [0.25, 0.3) is 0 Å². The molecule has 0 radical (unpaired) electrons. The first-order chi connectivity index (χ1) is 22.7. The molecule has 1 N–H and O–H groups in total. The van der Waals surface area contributed by atoms with Crippen LogP contribution in [0.25, 0.3) is 0 Å². The Kier molecular flexibility index (Phi) is 9.65. The molecule has 1 saturated heterocycles. The minimum absolute atomic E-state index is 0.0739. The zero-order valence-corrected chi connectivity index (χ0v) is 27.2. The van der Waals surface area contributed by atoms with E-state index in [1.54, 1.807) is 26.4 Å². The number of methoxy groups -OCH3 is 2. The fraction of sp³-hybridized carbons (Fsp3) is 0.333. The van der Waals surface area contributed by atoms with Gasteiger partial charge in [0, 0.05) is 36.3 Å². The van der Waals surface area contributed by atoms with Crippen LogP contribution in [0.3, 0.4) is 0 Å². The third kappa shape index (κ3) is 7.52. The highest BCUT2D eigenvalue weighted by Crippen LogP contribution is 2.43. The van der Waals surface area contributed by atoms with E-state index in [0.717, 1.165) is 31.2 Å². The van der Waals surface area contributed by atoms with Crippen molar-refractivity contribution < 1.29 is 31.6 Å². The average Bonchev–Trinajstić information content (AvgIpc) is 3.24. The largest absolute Gasteiger partial charge is 0.573 e. The van der Waals surface area contributed by atoms with Crippen molar-refractivity contribution in [3.8, 4) is 17.2 Å². The topological polar surface area (TPSA) is 72.4 Å². The van der Waals surface area contributed by atoms with E-state index in [2.05, 4.69) is 58.0 Å². The summed E-state index contributed by atoms with van der Waals surface area (Å²) in [7, 11) is -0.188. The number of nitrogens with zero attached hydrogens (tertiary/aromatic N) is 2. The highest BCUT2D eigenvalue weighted by Gasteiger charge is 2.36. The van der Waals surface area contributed by atoms with Gasteiger partial charge in [-0.2, -0.15) is 0 Å². The molecule has 7 nitrogen and oxygen atoms in total. The summed E-state index contributed by atoms with van der Waals surface area (Å²) in [5.41, 5.74) is 6.37. The molecule has 4 aromatic carbocycles. The van der Waals surface area contributed by atoms with Crippen LogP contribution >= 0.6 is 0 Å². The number of nitrogens with one attached hydrogen (secondary N) is 1. The van der Waals surface area contributed by atoms with Gasteiger partial charge in [-0.15, -0.1) is 13.2 Å². The summed E-state index contributed by atoms with van der Waals surface area (Å²) in [6.45, 7) is 1.12. The van der Waals surface area contributed by atoms with Gasteiger partial charge in [-0.05, 0) is 90.3 Å². The molecule has 0 amide bonds. The van der Waals surface area contributed by atoms with Crippen molar-refractivity contribution in [3.63, 3.8) is 0 Å². The van der Waals surface area contributed by atoms with Crippen LogP contribution in [-0.4, -0.2) is 42.2 Å². The zero-order valence-electron chi connectivity index (χ0n) is 26.3. The van der Waals surface area contributed by atoms with Crippen molar-refractivity contribution in [2.75, 3.05) is 32.0 Å². The number of ether oxygens (including phenoxy) is 3. The molecule has 11 heteroatoms. The Morgan fingerprint density at radius 1 is 0.872 bits per heavy atom. The molecule has 2 aliphatic rings. The quantitative estimate of drug-likeness (QED) is 0.196. The van der Waals surface area contributed by atoms with Gasteiger partial charge in [0.15, 0.2) is 10.1 Å². The first-order valence-corrected chi connectivity index (χ1v) is 17.1. The number of halogens is 3. The summed E-state index contributed by atoms with van der Waals surface area (Å²) < 4.78 is 78.2. The molecule has 1 heterocycles. The lowest BCUT2D eigenvalue weighted by molar-refractivity contribution is -0.274. The van der Waals surface area contributed by atoms with Crippen molar-refractivity contribution in [2.45, 2.75) is 44.5 Å². The predicted octanol–water partition coefficient (Wildman–Crippen LogP) is 8.16. The maximum absolute atomic E-state index is 15.1. The molecular formula is C36H38F3N3O4S. The van der Waals surface area contributed by atoms with Crippen molar-refractivity contribution in [3.05, 3.63) is 119 Å². The van der Waals surface area contributed by atoms with Crippen molar-refractivity contribution in [2.24, 2.45) is 10.3 Å².